The van der Waals surface area contributed by atoms with Crippen molar-refractivity contribution in [3.05, 3.63) is 0 Å². The largest absolute Gasteiger partial charge is 0.481 e. The van der Waals surface area contributed by atoms with Crippen molar-refractivity contribution in [1.29, 1.82) is 0 Å². The molecular weight excluding hydrogens is 897 g/mol. The van der Waals surface area contributed by atoms with Crippen molar-refractivity contribution in [2.45, 2.75) is 139 Å². The zero-order chi connectivity index (χ0) is 49.2. The first-order valence-electron chi connectivity index (χ1n) is 21.1. The van der Waals surface area contributed by atoms with Crippen LogP contribution in [0.1, 0.15) is 90.9 Å². The molecule has 9 amide bonds. The Morgan fingerprint density at radius 3 is 1.34 bits per heavy atom. The molecule has 65 heavy (non-hydrogen) atoms. The van der Waals surface area contributed by atoms with Crippen molar-refractivity contribution in [3.63, 3.8) is 0 Å². The number of amides is 9. The van der Waals surface area contributed by atoms with E-state index in [-0.39, 0.29) is 56.2 Å². The Kier molecular flexibility index (Phi) is 27.4. The maximum atomic E-state index is 13.9. The van der Waals surface area contributed by atoms with Crippen LogP contribution in [-0.2, 0) is 52.7 Å². The highest BCUT2D eigenvalue weighted by Crippen LogP contribution is 2.23. The summed E-state index contributed by atoms with van der Waals surface area (Å²) in [6.07, 6.45) is -1.77. The number of nitrogens with two attached hydrogens (primary N) is 5. The van der Waals surface area contributed by atoms with Crippen molar-refractivity contribution in [1.82, 2.24) is 37.2 Å². The fourth-order valence-electron chi connectivity index (χ4n) is 6.13. The van der Waals surface area contributed by atoms with Gasteiger partial charge in [-0.1, -0.05) is 35.4 Å². The van der Waals surface area contributed by atoms with Gasteiger partial charge in [0.25, 0.3) is 0 Å². The van der Waals surface area contributed by atoms with Gasteiger partial charge in [-0.3, -0.25) is 52.7 Å². The van der Waals surface area contributed by atoms with Crippen molar-refractivity contribution in [2.24, 2.45) is 34.6 Å². The molecule has 27 heteroatoms. The molecule has 8 atom stereocenters. The van der Waals surface area contributed by atoms with Crippen LogP contribution in [0.4, 0.5) is 0 Å². The Morgan fingerprint density at radius 2 is 0.923 bits per heavy atom. The molecule has 0 aromatic rings. The van der Waals surface area contributed by atoms with E-state index in [2.05, 4.69) is 37.2 Å². The molecule has 1 aliphatic rings. The summed E-state index contributed by atoms with van der Waals surface area (Å²) in [4.78, 5) is 144. The normalized spacial score (nSPS) is 25.2. The van der Waals surface area contributed by atoms with Crippen LogP contribution in [0, 0.1) is 5.92 Å². The van der Waals surface area contributed by atoms with E-state index in [0.29, 0.717) is 19.3 Å². The molecule has 1 fully saturated rings. The first kappa shape index (κ1) is 57.8. The molecule has 0 aromatic heterocycles. The van der Waals surface area contributed by atoms with Gasteiger partial charge in [-0.25, -0.2) is 0 Å². The van der Waals surface area contributed by atoms with Gasteiger partial charge in [-0.15, -0.1) is 0 Å². The van der Waals surface area contributed by atoms with Crippen LogP contribution in [-0.4, -0.2) is 148 Å². The zero-order valence-corrected chi connectivity index (χ0v) is 38.2. The number of carboxylic acids is 2. The molecular formula is C38H66N12O13S2. The monoisotopic (exact) mass is 962 g/mol. The van der Waals surface area contributed by atoms with Gasteiger partial charge in [-0.2, -0.15) is 0 Å². The van der Waals surface area contributed by atoms with Crippen LogP contribution >= 0.6 is 21.6 Å². The second-order valence-corrected chi connectivity index (χ2v) is 18.3. The highest BCUT2D eigenvalue weighted by Gasteiger charge is 2.35. The smallest absolute Gasteiger partial charge is 0.303 e. The molecule has 0 aromatic carbocycles. The molecule has 1 saturated heterocycles. The summed E-state index contributed by atoms with van der Waals surface area (Å²) in [6.45, 7) is 3.93. The van der Waals surface area contributed by atoms with Crippen LogP contribution in [0.2, 0.25) is 0 Å². The summed E-state index contributed by atoms with van der Waals surface area (Å²) >= 11 is 0. The molecule has 368 valence electrons. The third kappa shape index (κ3) is 23.5. The highest BCUT2D eigenvalue weighted by molar-refractivity contribution is 8.76. The minimum Gasteiger partial charge on any atom is -0.481 e. The standard InChI is InChI=1S/C38H66N12O13S2/c1-19(2)15-25-37(62)47-23(9-11-29(52)53)35(60)49-26(16-28(42)51)38(63)45-22(8-4-6-14-40)33(58)46-24(10-12-30(54)55)36(61)50-27(31(43)56)18-65-64-17-20(41)32(57)44-21(34(59)48-25)7-3-5-13-39/h19-27H,3-18,39-41H2,1-2H3,(H2,42,51)(H2,43,56)(H,44,57)(H,45,63)(H,46,58)(H,47,62)(H,48,59)(H,49,60)(H,50,61)(H,52,53)(H,54,55)/t20-,21-,22-,23-,24-,25-,26-,27-/m0/s1. The number of carbonyl (C=O) groups excluding carboxylic acids is 9. The number of aliphatic carboxylic acids is 2. The van der Waals surface area contributed by atoms with E-state index in [1.165, 1.54) is 0 Å². The molecule has 0 saturated carbocycles. The van der Waals surface area contributed by atoms with Crippen molar-refractivity contribution >= 4 is 86.7 Å². The molecule has 1 aliphatic heterocycles. The molecule has 0 aliphatic carbocycles. The van der Waals surface area contributed by atoms with Gasteiger partial charge in [0, 0.05) is 24.3 Å². The Labute approximate surface area is 384 Å². The average Bonchev–Trinajstić information content (AvgIpc) is 3.22. The molecule has 1 heterocycles. The molecule has 0 radical (unpaired) electrons. The maximum absolute atomic E-state index is 13.9. The maximum Gasteiger partial charge on any atom is 0.303 e. The quantitative estimate of drug-likeness (QED) is 0.0428. The van der Waals surface area contributed by atoms with Gasteiger partial charge >= 0.3 is 11.9 Å². The number of hydrogen-bond donors (Lipinski definition) is 14. The van der Waals surface area contributed by atoms with E-state index >= 15 is 0 Å². The average molecular weight is 963 g/mol. The lowest BCUT2D eigenvalue weighted by molar-refractivity contribution is -0.139. The van der Waals surface area contributed by atoms with Gasteiger partial charge in [0.2, 0.25) is 53.2 Å². The van der Waals surface area contributed by atoms with E-state index in [1.54, 1.807) is 13.8 Å². The number of hydrogen-bond acceptors (Lipinski definition) is 16. The predicted octanol–water partition coefficient (Wildman–Crippen LogP) is -4.50. The summed E-state index contributed by atoms with van der Waals surface area (Å²) in [5.41, 5.74) is 28.4. The second-order valence-electron chi connectivity index (χ2n) is 15.7. The third-order valence-corrected chi connectivity index (χ3v) is 12.1. The number of carbonyl (C=O) groups is 11. The van der Waals surface area contributed by atoms with Crippen molar-refractivity contribution in [3.8, 4) is 0 Å². The van der Waals surface area contributed by atoms with Gasteiger partial charge in [0.05, 0.1) is 12.5 Å². The summed E-state index contributed by atoms with van der Waals surface area (Å²) in [7, 11) is 2.02. The number of nitrogens with one attached hydrogen (secondary N) is 7. The van der Waals surface area contributed by atoms with Gasteiger partial charge in [-0.05, 0) is 76.8 Å². The molecule has 19 N–H and O–H groups in total. The van der Waals surface area contributed by atoms with Crippen molar-refractivity contribution < 1.29 is 63.0 Å². The van der Waals surface area contributed by atoms with Crippen LogP contribution in [0.5, 0.6) is 0 Å². The SMILES string of the molecule is CC(C)C[C@@H]1NC(=O)[C@H](CCCCN)NC(=O)[C@@H](N)CSSC[C@@H](C(N)=O)NC(=O)[C@H](CCC(=O)O)NC(=O)[C@H](CCCCN)NC(=O)[C@H](CC(N)=O)NC(=O)[C@H](CCC(=O)O)NC1=O. The summed E-state index contributed by atoms with van der Waals surface area (Å²) < 4.78 is 0. The molecule has 0 unspecified atom stereocenters. The van der Waals surface area contributed by atoms with Crippen LogP contribution < -0.4 is 65.9 Å². The number of rotatable bonds is 19. The highest BCUT2D eigenvalue weighted by atomic mass is 33.1. The predicted molar refractivity (Wildman–Crippen MR) is 238 cm³/mol. The summed E-state index contributed by atoms with van der Waals surface area (Å²) in [5.74, 6) is -12.1. The fourth-order valence-corrected chi connectivity index (χ4v) is 8.43. The fraction of sp³-hybridized carbons (Fsp3) is 0.711. The minimum atomic E-state index is -1.82. The lowest BCUT2D eigenvalue weighted by atomic mass is 10.0. The topological polar surface area (TPSA) is 443 Å². The van der Waals surface area contributed by atoms with Gasteiger partial charge < -0.3 is 76.1 Å². The molecule has 0 bridgehead atoms. The Bertz CT molecular complexity index is 1680. The number of carboxylic acid groups (broad SMARTS) is 2. The Morgan fingerprint density at radius 1 is 0.554 bits per heavy atom. The van der Waals surface area contributed by atoms with E-state index in [9.17, 15) is 63.0 Å². The number of unbranched alkanes of at least 4 members (excludes halogenated alkanes) is 2. The Balaban J connectivity index is 3.85. The molecule has 0 spiro atoms. The van der Waals surface area contributed by atoms with Crippen molar-refractivity contribution in [2.75, 3.05) is 24.6 Å². The molecule has 25 nitrogen and oxygen atoms in total. The van der Waals surface area contributed by atoms with E-state index in [0.717, 1.165) is 21.6 Å². The van der Waals surface area contributed by atoms with Crippen LogP contribution in [0.3, 0.4) is 0 Å². The zero-order valence-electron chi connectivity index (χ0n) is 36.6. The third-order valence-electron chi connectivity index (χ3n) is 9.66. The molecule has 1 rings (SSSR count). The van der Waals surface area contributed by atoms with E-state index in [4.69, 9.17) is 28.7 Å². The lowest BCUT2D eigenvalue weighted by Crippen LogP contribution is -2.60. The summed E-state index contributed by atoms with van der Waals surface area (Å²) in [6, 6.07) is -11.8. The van der Waals surface area contributed by atoms with Crippen LogP contribution in [0.25, 0.3) is 0 Å². The van der Waals surface area contributed by atoms with Crippen LogP contribution in [0.15, 0.2) is 0 Å². The van der Waals surface area contributed by atoms with Gasteiger partial charge in [0.1, 0.15) is 42.3 Å². The van der Waals surface area contributed by atoms with Gasteiger partial charge in [0.15, 0.2) is 0 Å². The Hall–Kier alpha value is -5.25. The first-order valence-corrected chi connectivity index (χ1v) is 23.6. The minimum absolute atomic E-state index is 0.00587. The second kappa shape index (κ2) is 30.8. The first-order chi connectivity index (χ1) is 30.6. The lowest BCUT2D eigenvalue weighted by Gasteiger charge is -2.28. The van der Waals surface area contributed by atoms with E-state index in [1.807, 2.05) is 0 Å². The summed E-state index contributed by atoms with van der Waals surface area (Å²) in [5, 5.41) is 36.0. The number of primary amides is 2. The van der Waals surface area contributed by atoms with E-state index < -0.39 is 146 Å².